The molecule has 0 saturated carbocycles. The quantitative estimate of drug-likeness (QED) is 0.875. The van der Waals surface area contributed by atoms with Crippen LogP contribution in [0, 0.1) is 0 Å². The van der Waals surface area contributed by atoms with Crippen molar-refractivity contribution in [2.75, 3.05) is 13.7 Å². The van der Waals surface area contributed by atoms with E-state index in [0.29, 0.717) is 6.54 Å². The molecular formula is C16H26N2O3. The fourth-order valence-electron chi connectivity index (χ4n) is 1.91. The Bertz CT molecular complexity index is 481. The van der Waals surface area contributed by atoms with E-state index in [1.807, 2.05) is 39.0 Å². The summed E-state index contributed by atoms with van der Waals surface area (Å²) in [6.07, 6.45) is 0.451. The number of methoxy groups -OCH3 is 1. The number of carbonyl (C=O) groups excluding carboxylic acids is 1. The first kappa shape index (κ1) is 17.3. The number of hydrogen-bond acceptors (Lipinski definition) is 4. The number of amides is 1. The van der Waals surface area contributed by atoms with Gasteiger partial charge in [0.1, 0.15) is 11.4 Å². The van der Waals surface area contributed by atoms with Crippen LogP contribution in [0.25, 0.3) is 0 Å². The molecule has 3 N–H and O–H groups in total. The zero-order valence-corrected chi connectivity index (χ0v) is 13.5. The van der Waals surface area contributed by atoms with Crippen LogP contribution in [0.1, 0.15) is 44.9 Å². The zero-order valence-electron chi connectivity index (χ0n) is 13.5. The van der Waals surface area contributed by atoms with Gasteiger partial charge in [0, 0.05) is 12.1 Å². The van der Waals surface area contributed by atoms with Gasteiger partial charge in [0.15, 0.2) is 0 Å². The topological polar surface area (TPSA) is 73.6 Å². The molecule has 1 aromatic rings. The highest BCUT2D eigenvalue weighted by Crippen LogP contribution is 2.25. The lowest BCUT2D eigenvalue weighted by atomic mass is 10.0. The highest BCUT2D eigenvalue weighted by Gasteiger charge is 2.18. The number of aryl methyl sites for hydroxylation is 1. The molecule has 0 fully saturated rings. The lowest BCUT2D eigenvalue weighted by Crippen LogP contribution is -2.36. The molecule has 0 aliphatic carbocycles. The molecule has 0 bridgehead atoms. The van der Waals surface area contributed by atoms with Crippen molar-refractivity contribution < 1.29 is 14.3 Å². The Morgan fingerprint density at radius 1 is 1.38 bits per heavy atom. The van der Waals surface area contributed by atoms with E-state index in [9.17, 15) is 4.79 Å². The maximum atomic E-state index is 11.7. The molecule has 0 radical (unpaired) electrons. The average molecular weight is 294 g/mol. The Hall–Kier alpha value is -1.75. The summed E-state index contributed by atoms with van der Waals surface area (Å²) in [7, 11) is 1.61. The molecule has 5 heteroatoms. The number of nitrogens with two attached hydrogens (primary N) is 1. The second-order valence-electron chi connectivity index (χ2n) is 5.92. The smallest absolute Gasteiger partial charge is 0.407 e. The van der Waals surface area contributed by atoms with Crippen molar-refractivity contribution >= 4 is 6.09 Å². The first-order chi connectivity index (χ1) is 9.76. The normalized spacial score (nSPS) is 12.7. The lowest BCUT2D eigenvalue weighted by Gasteiger charge is -2.21. The number of alkyl carbamates (subject to hydrolysis) is 1. The van der Waals surface area contributed by atoms with Crippen LogP contribution in [0.15, 0.2) is 18.2 Å². The highest BCUT2D eigenvalue weighted by atomic mass is 16.6. The number of ether oxygens (including phenoxy) is 2. The largest absolute Gasteiger partial charge is 0.496 e. The molecule has 118 valence electrons. The van der Waals surface area contributed by atoms with E-state index in [0.717, 1.165) is 17.7 Å². The van der Waals surface area contributed by atoms with E-state index in [2.05, 4.69) is 12.2 Å². The van der Waals surface area contributed by atoms with Gasteiger partial charge in [-0.05, 0) is 38.8 Å². The molecule has 0 spiro atoms. The number of nitrogens with one attached hydrogen (secondary N) is 1. The van der Waals surface area contributed by atoms with Crippen LogP contribution in [0.2, 0.25) is 0 Å². The standard InChI is InChI=1S/C16H26N2O3/c1-6-11-7-8-14(20-5)12(9-11)13(17)10-18-15(19)21-16(2,3)4/h7-9,13H,6,10,17H2,1-5H3,(H,18,19). The molecule has 1 unspecified atom stereocenters. The predicted octanol–water partition coefficient (Wildman–Crippen LogP) is 2.78. The van der Waals surface area contributed by atoms with Crippen molar-refractivity contribution in [3.05, 3.63) is 29.3 Å². The van der Waals surface area contributed by atoms with Gasteiger partial charge in [-0.1, -0.05) is 19.1 Å². The number of benzene rings is 1. The van der Waals surface area contributed by atoms with Crippen molar-refractivity contribution in [3.8, 4) is 5.75 Å². The maximum absolute atomic E-state index is 11.7. The van der Waals surface area contributed by atoms with Gasteiger partial charge in [-0.2, -0.15) is 0 Å². The van der Waals surface area contributed by atoms with Crippen molar-refractivity contribution in [2.24, 2.45) is 5.73 Å². The van der Waals surface area contributed by atoms with Crippen LogP contribution in [-0.4, -0.2) is 25.3 Å². The lowest BCUT2D eigenvalue weighted by molar-refractivity contribution is 0.0524. The summed E-state index contributed by atoms with van der Waals surface area (Å²) in [6.45, 7) is 7.83. The third-order valence-electron chi connectivity index (χ3n) is 2.97. The molecule has 0 aliphatic heterocycles. The molecule has 1 aromatic carbocycles. The third kappa shape index (κ3) is 5.63. The van der Waals surface area contributed by atoms with Crippen LogP contribution in [0.3, 0.4) is 0 Å². The van der Waals surface area contributed by atoms with Gasteiger partial charge in [0.2, 0.25) is 0 Å². The molecule has 0 aromatic heterocycles. The van der Waals surface area contributed by atoms with Gasteiger partial charge in [-0.3, -0.25) is 0 Å². The summed E-state index contributed by atoms with van der Waals surface area (Å²) in [5.74, 6) is 0.727. The van der Waals surface area contributed by atoms with Crippen LogP contribution in [0.5, 0.6) is 5.75 Å². The van der Waals surface area contributed by atoms with E-state index in [-0.39, 0.29) is 6.04 Å². The van der Waals surface area contributed by atoms with Gasteiger partial charge in [0.05, 0.1) is 13.2 Å². The van der Waals surface area contributed by atoms with Gasteiger partial charge in [-0.25, -0.2) is 4.79 Å². The zero-order chi connectivity index (χ0) is 16.0. The Morgan fingerprint density at radius 3 is 2.57 bits per heavy atom. The van der Waals surface area contributed by atoms with Crippen LogP contribution in [-0.2, 0) is 11.2 Å². The molecule has 1 amide bonds. The molecule has 1 atom stereocenters. The number of hydrogen-bond donors (Lipinski definition) is 2. The second kappa shape index (κ2) is 7.31. The summed E-state index contributed by atoms with van der Waals surface area (Å²) in [5, 5.41) is 2.68. The maximum Gasteiger partial charge on any atom is 0.407 e. The first-order valence-corrected chi connectivity index (χ1v) is 7.16. The van der Waals surface area contributed by atoms with E-state index >= 15 is 0 Å². The van der Waals surface area contributed by atoms with Crippen molar-refractivity contribution in [1.29, 1.82) is 0 Å². The summed E-state index contributed by atoms with van der Waals surface area (Å²) in [6, 6.07) is 5.58. The van der Waals surface area contributed by atoms with E-state index in [1.165, 1.54) is 5.56 Å². The van der Waals surface area contributed by atoms with E-state index in [4.69, 9.17) is 15.2 Å². The molecule has 0 aliphatic rings. The number of carbonyl (C=O) groups is 1. The van der Waals surface area contributed by atoms with E-state index < -0.39 is 11.7 Å². The molecule has 21 heavy (non-hydrogen) atoms. The SMILES string of the molecule is CCc1ccc(OC)c(C(N)CNC(=O)OC(C)(C)C)c1. The Kier molecular flexibility index (Phi) is 6.03. The highest BCUT2D eigenvalue weighted by molar-refractivity contribution is 5.67. The van der Waals surface area contributed by atoms with Crippen LogP contribution in [0.4, 0.5) is 4.79 Å². The van der Waals surface area contributed by atoms with Gasteiger partial charge in [-0.15, -0.1) is 0 Å². The second-order valence-corrected chi connectivity index (χ2v) is 5.92. The third-order valence-corrected chi connectivity index (χ3v) is 2.97. The van der Waals surface area contributed by atoms with E-state index in [1.54, 1.807) is 7.11 Å². The van der Waals surface area contributed by atoms with Crippen LogP contribution >= 0.6 is 0 Å². The fraction of sp³-hybridized carbons (Fsp3) is 0.562. The van der Waals surface area contributed by atoms with Crippen LogP contribution < -0.4 is 15.8 Å². The Labute approximate surface area is 126 Å². The summed E-state index contributed by atoms with van der Waals surface area (Å²) < 4.78 is 10.5. The molecule has 5 nitrogen and oxygen atoms in total. The molecule has 0 saturated heterocycles. The minimum Gasteiger partial charge on any atom is -0.496 e. The predicted molar refractivity (Wildman–Crippen MR) is 83.5 cm³/mol. The monoisotopic (exact) mass is 294 g/mol. The Balaban J connectivity index is 2.71. The first-order valence-electron chi connectivity index (χ1n) is 7.16. The fourth-order valence-corrected chi connectivity index (χ4v) is 1.91. The van der Waals surface area contributed by atoms with Gasteiger partial charge >= 0.3 is 6.09 Å². The number of rotatable bonds is 5. The molecule has 1 rings (SSSR count). The van der Waals surface area contributed by atoms with Gasteiger partial charge < -0.3 is 20.5 Å². The van der Waals surface area contributed by atoms with Crippen molar-refractivity contribution in [3.63, 3.8) is 0 Å². The summed E-state index contributed by atoms with van der Waals surface area (Å²) in [4.78, 5) is 11.7. The van der Waals surface area contributed by atoms with Crippen molar-refractivity contribution in [1.82, 2.24) is 5.32 Å². The Morgan fingerprint density at radius 2 is 2.05 bits per heavy atom. The minimum atomic E-state index is -0.520. The van der Waals surface area contributed by atoms with Crippen molar-refractivity contribution in [2.45, 2.75) is 45.8 Å². The molecule has 0 heterocycles. The molecular weight excluding hydrogens is 268 g/mol. The summed E-state index contributed by atoms with van der Waals surface area (Å²) in [5.41, 5.74) is 7.70. The minimum absolute atomic E-state index is 0.290. The van der Waals surface area contributed by atoms with Gasteiger partial charge in [0.25, 0.3) is 0 Å². The average Bonchev–Trinajstić information content (AvgIpc) is 2.42. The summed E-state index contributed by atoms with van der Waals surface area (Å²) >= 11 is 0.